The van der Waals surface area contributed by atoms with E-state index in [1.54, 1.807) is 0 Å². The predicted octanol–water partition coefficient (Wildman–Crippen LogP) is 5.49. The zero-order valence-electron chi connectivity index (χ0n) is 12.7. The second kappa shape index (κ2) is 5.85. The lowest BCUT2D eigenvalue weighted by Gasteiger charge is -2.39. The van der Waals surface area contributed by atoms with E-state index in [-0.39, 0.29) is 5.41 Å². The quantitative estimate of drug-likeness (QED) is 0.653. The largest absolute Gasteiger partial charge is 0.294 e. The summed E-state index contributed by atoms with van der Waals surface area (Å²) >= 11 is 3.44. The van der Waals surface area contributed by atoms with E-state index in [9.17, 15) is 4.79 Å². The van der Waals surface area contributed by atoms with Crippen LogP contribution in [0.2, 0.25) is 0 Å². The summed E-state index contributed by atoms with van der Waals surface area (Å²) in [6.45, 7) is 8.61. The predicted molar refractivity (Wildman–Crippen MR) is 88.5 cm³/mol. The molecule has 0 unspecified atom stereocenters. The van der Waals surface area contributed by atoms with Gasteiger partial charge in [-0.2, -0.15) is 0 Å². The van der Waals surface area contributed by atoms with Gasteiger partial charge in [0, 0.05) is 9.89 Å². The molecule has 2 rings (SSSR count). The summed E-state index contributed by atoms with van der Waals surface area (Å²) in [7, 11) is 0. The van der Waals surface area contributed by atoms with Crippen LogP contribution >= 0.6 is 15.9 Å². The summed E-state index contributed by atoms with van der Waals surface area (Å²) < 4.78 is 1.06. The van der Waals surface area contributed by atoms with Crippen molar-refractivity contribution in [3.05, 3.63) is 39.9 Å². The topological polar surface area (TPSA) is 17.1 Å². The number of hydrogen-bond acceptors (Lipinski definition) is 1. The van der Waals surface area contributed by atoms with Crippen LogP contribution in [0.4, 0.5) is 0 Å². The Morgan fingerprint density at radius 2 is 1.90 bits per heavy atom. The molecule has 1 aliphatic rings. The average Bonchev–Trinajstić information content (AvgIpc) is 2.41. The molecule has 0 bridgehead atoms. The van der Waals surface area contributed by atoms with E-state index in [1.807, 2.05) is 12.1 Å². The zero-order valence-corrected chi connectivity index (χ0v) is 14.3. The van der Waals surface area contributed by atoms with Crippen molar-refractivity contribution in [2.24, 2.45) is 17.3 Å². The molecule has 2 heteroatoms. The summed E-state index contributed by atoms with van der Waals surface area (Å²) in [4.78, 5) is 12.9. The molecule has 1 fully saturated rings. The minimum atomic E-state index is -0.201. The van der Waals surface area contributed by atoms with Crippen LogP contribution in [0.1, 0.15) is 46.1 Å². The SMILES string of the molecule is CC(C)[C@]1(C)CC[C@@H](C)/C(=C/c2ccc(Br)cc2)C1=O. The third-order valence-electron chi connectivity index (χ3n) is 4.87. The first-order valence-electron chi connectivity index (χ1n) is 7.36. The molecule has 0 saturated heterocycles. The third-order valence-corrected chi connectivity index (χ3v) is 5.40. The second-order valence-corrected chi connectivity index (χ2v) is 7.41. The van der Waals surface area contributed by atoms with Crippen molar-refractivity contribution in [2.75, 3.05) is 0 Å². The summed E-state index contributed by atoms with van der Waals surface area (Å²) in [6, 6.07) is 8.15. The molecule has 2 atom stereocenters. The van der Waals surface area contributed by atoms with Crippen molar-refractivity contribution in [3.63, 3.8) is 0 Å². The number of halogens is 1. The van der Waals surface area contributed by atoms with Crippen molar-refractivity contribution in [2.45, 2.75) is 40.5 Å². The number of benzene rings is 1. The molecule has 20 heavy (non-hydrogen) atoms. The van der Waals surface area contributed by atoms with Crippen LogP contribution in [0.5, 0.6) is 0 Å². The van der Waals surface area contributed by atoms with Gasteiger partial charge in [0.2, 0.25) is 0 Å². The third kappa shape index (κ3) is 2.90. The first-order chi connectivity index (χ1) is 9.34. The molecular weight excluding hydrogens is 312 g/mol. The van der Waals surface area contributed by atoms with Crippen LogP contribution < -0.4 is 0 Å². The molecule has 0 heterocycles. The highest BCUT2D eigenvalue weighted by Gasteiger charge is 2.42. The number of allylic oxidation sites excluding steroid dienone is 1. The Hall–Kier alpha value is -0.890. The monoisotopic (exact) mass is 334 g/mol. The summed E-state index contributed by atoms with van der Waals surface area (Å²) in [5, 5.41) is 0. The van der Waals surface area contributed by atoms with E-state index in [2.05, 4.69) is 61.8 Å². The minimum absolute atomic E-state index is 0.201. The van der Waals surface area contributed by atoms with Crippen LogP contribution in [-0.4, -0.2) is 5.78 Å². The molecule has 0 aromatic heterocycles. The fourth-order valence-corrected chi connectivity index (χ4v) is 3.10. The van der Waals surface area contributed by atoms with Crippen LogP contribution in [0.25, 0.3) is 6.08 Å². The highest BCUT2D eigenvalue weighted by atomic mass is 79.9. The van der Waals surface area contributed by atoms with Crippen LogP contribution in [0, 0.1) is 17.3 Å². The Balaban J connectivity index is 2.37. The van der Waals surface area contributed by atoms with Gasteiger partial charge < -0.3 is 0 Å². The Bertz CT molecular complexity index is 527. The molecule has 1 aromatic rings. The zero-order chi connectivity index (χ0) is 14.9. The Kier molecular flexibility index (Phi) is 4.53. The molecule has 0 amide bonds. The number of Topliss-reactive ketones (excluding diaryl/α,β-unsaturated/α-hetero) is 1. The van der Waals surface area contributed by atoms with Gasteiger partial charge in [-0.05, 0) is 54.0 Å². The van der Waals surface area contributed by atoms with E-state index in [4.69, 9.17) is 0 Å². The molecule has 0 spiro atoms. The van der Waals surface area contributed by atoms with E-state index in [1.165, 1.54) is 0 Å². The Morgan fingerprint density at radius 3 is 2.45 bits per heavy atom. The van der Waals surface area contributed by atoms with Gasteiger partial charge in [0.25, 0.3) is 0 Å². The molecule has 1 aromatic carbocycles. The first kappa shape index (κ1) is 15.5. The number of rotatable bonds is 2. The van der Waals surface area contributed by atoms with Gasteiger partial charge in [-0.1, -0.05) is 55.8 Å². The molecular formula is C18H23BrO. The fraction of sp³-hybridized carbons (Fsp3) is 0.500. The van der Waals surface area contributed by atoms with Gasteiger partial charge >= 0.3 is 0 Å². The van der Waals surface area contributed by atoms with E-state index < -0.39 is 0 Å². The smallest absolute Gasteiger partial charge is 0.165 e. The van der Waals surface area contributed by atoms with E-state index >= 15 is 0 Å². The number of hydrogen-bond donors (Lipinski definition) is 0. The maximum Gasteiger partial charge on any atom is 0.165 e. The molecule has 1 aliphatic carbocycles. The highest BCUT2D eigenvalue weighted by molar-refractivity contribution is 9.10. The van der Waals surface area contributed by atoms with Crippen molar-refractivity contribution in [1.29, 1.82) is 0 Å². The number of ketones is 1. The number of carbonyl (C=O) groups is 1. The summed E-state index contributed by atoms with van der Waals surface area (Å²) in [6.07, 6.45) is 4.18. The summed E-state index contributed by atoms with van der Waals surface area (Å²) in [5.74, 6) is 1.09. The number of carbonyl (C=O) groups excluding carboxylic acids is 1. The Labute approximate surface area is 130 Å². The fourth-order valence-electron chi connectivity index (χ4n) is 2.84. The minimum Gasteiger partial charge on any atom is -0.294 e. The lowest BCUT2D eigenvalue weighted by atomic mass is 9.63. The maximum atomic E-state index is 12.9. The highest BCUT2D eigenvalue weighted by Crippen LogP contribution is 2.44. The van der Waals surface area contributed by atoms with Crippen molar-refractivity contribution in [1.82, 2.24) is 0 Å². The lowest BCUT2D eigenvalue weighted by molar-refractivity contribution is -0.129. The van der Waals surface area contributed by atoms with Crippen LogP contribution in [0.15, 0.2) is 34.3 Å². The van der Waals surface area contributed by atoms with E-state index in [0.29, 0.717) is 17.6 Å². The van der Waals surface area contributed by atoms with Gasteiger partial charge in [-0.25, -0.2) is 0 Å². The van der Waals surface area contributed by atoms with Gasteiger partial charge in [-0.15, -0.1) is 0 Å². The van der Waals surface area contributed by atoms with Gasteiger partial charge in [0.05, 0.1) is 0 Å². The molecule has 108 valence electrons. The standard InChI is InChI=1S/C18H23BrO/c1-12(2)18(4)10-9-13(3)16(17(18)20)11-14-5-7-15(19)8-6-14/h5-8,11-13H,9-10H2,1-4H3/b16-11-/t13-,18+/m1/s1. The maximum absolute atomic E-state index is 12.9. The molecule has 1 nitrogen and oxygen atoms in total. The summed E-state index contributed by atoms with van der Waals surface area (Å²) in [5.41, 5.74) is 1.90. The average molecular weight is 335 g/mol. The van der Waals surface area contributed by atoms with Crippen molar-refractivity contribution >= 4 is 27.8 Å². The Morgan fingerprint density at radius 1 is 1.30 bits per heavy atom. The molecule has 0 aliphatic heterocycles. The molecule has 1 saturated carbocycles. The normalized spacial score (nSPS) is 29.2. The molecule has 0 radical (unpaired) electrons. The van der Waals surface area contributed by atoms with Crippen LogP contribution in [0.3, 0.4) is 0 Å². The van der Waals surface area contributed by atoms with Crippen LogP contribution in [-0.2, 0) is 4.79 Å². The second-order valence-electron chi connectivity index (χ2n) is 6.49. The lowest BCUT2D eigenvalue weighted by Crippen LogP contribution is -2.40. The first-order valence-corrected chi connectivity index (χ1v) is 8.16. The van der Waals surface area contributed by atoms with E-state index in [0.717, 1.165) is 28.5 Å². The van der Waals surface area contributed by atoms with Gasteiger partial charge in [0.15, 0.2) is 5.78 Å². The van der Waals surface area contributed by atoms with Gasteiger partial charge in [0.1, 0.15) is 0 Å². The molecule has 0 N–H and O–H groups in total. The van der Waals surface area contributed by atoms with Crippen molar-refractivity contribution < 1.29 is 4.79 Å². The van der Waals surface area contributed by atoms with Gasteiger partial charge in [-0.3, -0.25) is 4.79 Å². The van der Waals surface area contributed by atoms with Crippen molar-refractivity contribution in [3.8, 4) is 0 Å².